The molecular weight excluding hydrogens is 318 g/mol. The van der Waals surface area contributed by atoms with Gasteiger partial charge in [-0.25, -0.2) is 0 Å². The first-order valence-electron chi connectivity index (χ1n) is 6.41. The summed E-state index contributed by atoms with van der Waals surface area (Å²) in [6.07, 6.45) is 0. The Bertz CT molecular complexity index is 572. The molecule has 104 valence electrons. The summed E-state index contributed by atoms with van der Waals surface area (Å²) >= 11 is 3.39. The van der Waals surface area contributed by atoms with Crippen molar-refractivity contribution >= 4 is 21.8 Å². The number of carbonyl (C=O) groups is 1. The standard InChI is InChI=1S/C16H16BrNO2/c17-15-9-5-4-8-14(15)16(20)18(10-11-19)12-13-6-2-1-3-7-13/h1-9,19H,10-12H2. The first kappa shape index (κ1) is 14.8. The fraction of sp³-hybridized carbons (Fsp3) is 0.188. The molecule has 20 heavy (non-hydrogen) atoms. The predicted molar refractivity (Wildman–Crippen MR) is 82.4 cm³/mol. The summed E-state index contributed by atoms with van der Waals surface area (Å²) in [5, 5.41) is 9.17. The number of rotatable bonds is 5. The molecule has 0 unspecified atom stereocenters. The summed E-state index contributed by atoms with van der Waals surface area (Å²) in [5.41, 5.74) is 1.65. The third-order valence-corrected chi connectivity index (χ3v) is 3.67. The number of benzene rings is 2. The zero-order valence-electron chi connectivity index (χ0n) is 11.0. The smallest absolute Gasteiger partial charge is 0.255 e. The lowest BCUT2D eigenvalue weighted by molar-refractivity contribution is 0.0707. The van der Waals surface area contributed by atoms with Gasteiger partial charge in [0.25, 0.3) is 5.91 Å². The molecule has 0 saturated heterocycles. The van der Waals surface area contributed by atoms with Crippen molar-refractivity contribution in [2.45, 2.75) is 6.54 Å². The maximum absolute atomic E-state index is 12.5. The van der Waals surface area contributed by atoms with E-state index >= 15 is 0 Å². The van der Waals surface area contributed by atoms with E-state index in [9.17, 15) is 9.90 Å². The van der Waals surface area contributed by atoms with Crippen LogP contribution in [0.4, 0.5) is 0 Å². The summed E-state index contributed by atoms with van der Waals surface area (Å²) in [7, 11) is 0. The Morgan fingerprint density at radius 1 is 1.05 bits per heavy atom. The van der Waals surface area contributed by atoms with E-state index in [1.165, 1.54) is 0 Å². The van der Waals surface area contributed by atoms with Crippen molar-refractivity contribution in [2.24, 2.45) is 0 Å². The maximum Gasteiger partial charge on any atom is 0.255 e. The molecule has 2 aromatic rings. The molecule has 1 amide bonds. The van der Waals surface area contributed by atoms with Gasteiger partial charge in [-0.3, -0.25) is 4.79 Å². The Hall–Kier alpha value is -1.65. The molecule has 2 rings (SSSR count). The first-order valence-corrected chi connectivity index (χ1v) is 7.20. The molecule has 1 N–H and O–H groups in total. The summed E-state index contributed by atoms with van der Waals surface area (Å²) in [6.45, 7) is 0.750. The van der Waals surface area contributed by atoms with Gasteiger partial charge in [-0.05, 0) is 33.6 Å². The van der Waals surface area contributed by atoms with Crippen LogP contribution in [0.1, 0.15) is 15.9 Å². The van der Waals surface area contributed by atoms with Crippen LogP contribution in [0.2, 0.25) is 0 Å². The number of nitrogens with zero attached hydrogens (tertiary/aromatic N) is 1. The zero-order chi connectivity index (χ0) is 14.4. The SMILES string of the molecule is O=C(c1ccccc1Br)N(CCO)Cc1ccccc1. The lowest BCUT2D eigenvalue weighted by Crippen LogP contribution is -2.33. The summed E-state index contributed by atoms with van der Waals surface area (Å²) in [6, 6.07) is 17.1. The van der Waals surface area contributed by atoms with E-state index in [1.54, 1.807) is 11.0 Å². The van der Waals surface area contributed by atoms with Crippen LogP contribution in [0.3, 0.4) is 0 Å². The Balaban J connectivity index is 2.20. The van der Waals surface area contributed by atoms with Crippen LogP contribution >= 0.6 is 15.9 Å². The maximum atomic E-state index is 12.5. The highest BCUT2D eigenvalue weighted by Gasteiger charge is 2.17. The van der Waals surface area contributed by atoms with Crippen molar-refractivity contribution in [1.82, 2.24) is 4.90 Å². The highest BCUT2D eigenvalue weighted by molar-refractivity contribution is 9.10. The molecule has 0 aliphatic heterocycles. The molecule has 0 fully saturated rings. The van der Waals surface area contributed by atoms with Crippen molar-refractivity contribution < 1.29 is 9.90 Å². The second kappa shape index (κ2) is 7.22. The van der Waals surface area contributed by atoms with E-state index in [0.717, 1.165) is 10.0 Å². The van der Waals surface area contributed by atoms with Gasteiger partial charge in [0.15, 0.2) is 0 Å². The predicted octanol–water partition coefficient (Wildman–Crippen LogP) is 3.08. The van der Waals surface area contributed by atoms with Crippen LogP contribution in [-0.2, 0) is 6.54 Å². The lowest BCUT2D eigenvalue weighted by Gasteiger charge is -2.22. The van der Waals surface area contributed by atoms with Crippen molar-refractivity contribution in [3.63, 3.8) is 0 Å². The van der Waals surface area contributed by atoms with E-state index in [2.05, 4.69) is 15.9 Å². The van der Waals surface area contributed by atoms with Gasteiger partial charge < -0.3 is 10.0 Å². The Kier molecular flexibility index (Phi) is 5.32. The third-order valence-electron chi connectivity index (χ3n) is 2.98. The van der Waals surface area contributed by atoms with Crippen molar-refractivity contribution in [1.29, 1.82) is 0 Å². The van der Waals surface area contributed by atoms with Crippen LogP contribution in [0.5, 0.6) is 0 Å². The van der Waals surface area contributed by atoms with Crippen LogP contribution in [0.15, 0.2) is 59.1 Å². The number of aliphatic hydroxyl groups is 1. The van der Waals surface area contributed by atoms with Crippen LogP contribution in [0.25, 0.3) is 0 Å². The third kappa shape index (κ3) is 3.68. The van der Waals surface area contributed by atoms with E-state index in [-0.39, 0.29) is 12.5 Å². The highest BCUT2D eigenvalue weighted by atomic mass is 79.9. The largest absolute Gasteiger partial charge is 0.395 e. The van der Waals surface area contributed by atoms with Gasteiger partial charge in [0.2, 0.25) is 0 Å². The van der Waals surface area contributed by atoms with Crippen molar-refractivity contribution in [2.75, 3.05) is 13.2 Å². The Morgan fingerprint density at radius 2 is 1.70 bits per heavy atom. The second-order valence-corrected chi connectivity index (χ2v) is 5.27. The molecule has 4 heteroatoms. The lowest BCUT2D eigenvalue weighted by atomic mass is 10.1. The zero-order valence-corrected chi connectivity index (χ0v) is 12.6. The number of carbonyl (C=O) groups excluding carboxylic acids is 1. The summed E-state index contributed by atoms with van der Waals surface area (Å²) in [5.74, 6) is -0.0876. The van der Waals surface area contributed by atoms with E-state index in [4.69, 9.17) is 0 Å². The monoisotopic (exact) mass is 333 g/mol. The molecule has 0 aliphatic carbocycles. The number of hydrogen-bond donors (Lipinski definition) is 1. The van der Waals surface area contributed by atoms with E-state index in [1.807, 2.05) is 48.5 Å². The van der Waals surface area contributed by atoms with Crippen LogP contribution < -0.4 is 0 Å². The molecule has 0 aromatic heterocycles. The molecule has 0 bridgehead atoms. The van der Waals surface area contributed by atoms with Gasteiger partial charge in [0.1, 0.15) is 0 Å². The molecule has 0 atom stereocenters. The van der Waals surface area contributed by atoms with Gasteiger partial charge in [-0.1, -0.05) is 42.5 Å². The Labute approximate surface area is 127 Å². The molecular formula is C16H16BrNO2. The summed E-state index contributed by atoms with van der Waals surface area (Å²) < 4.78 is 0.765. The molecule has 2 aromatic carbocycles. The normalized spacial score (nSPS) is 10.3. The number of hydrogen-bond acceptors (Lipinski definition) is 2. The minimum Gasteiger partial charge on any atom is -0.395 e. The molecule has 0 heterocycles. The first-order chi connectivity index (χ1) is 9.72. The van der Waals surface area contributed by atoms with Crippen molar-refractivity contribution in [3.8, 4) is 0 Å². The topological polar surface area (TPSA) is 40.5 Å². The van der Waals surface area contributed by atoms with Gasteiger partial charge in [0, 0.05) is 17.6 Å². The van der Waals surface area contributed by atoms with Crippen molar-refractivity contribution in [3.05, 3.63) is 70.2 Å². The molecule has 3 nitrogen and oxygen atoms in total. The highest BCUT2D eigenvalue weighted by Crippen LogP contribution is 2.19. The minimum absolute atomic E-state index is 0.0526. The van der Waals surface area contributed by atoms with Crippen LogP contribution in [-0.4, -0.2) is 29.1 Å². The molecule has 0 aliphatic rings. The van der Waals surface area contributed by atoms with Gasteiger partial charge in [-0.15, -0.1) is 0 Å². The average Bonchev–Trinajstić information content (AvgIpc) is 2.48. The minimum atomic E-state index is -0.0876. The number of aliphatic hydroxyl groups excluding tert-OH is 1. The number of halogens is 1. The Morgan fingerprint density at radius 3 is 2.35 bits per heavy atom. The van der Waals surface area contributed by atoms with Gasteiger partial charge in [-0.2, -0.15) is 0 Å². The van der Waals surface area contributed by atoms with E-state index in [0.29, 0.717) is 18.7 Å². The fourth-order valence-electron chi connectivity index (χ4n) is 1.98. The quantitative estimate of drug-likeness (QED) is 0.913. The molecule has 0 radical (unpaired) electrons. The van der Waals surface area contributed by atoms with Gasteiger partial charge in [0.05, 0.1) is 12.2 Å². The fourth-order valence-corrected chi connectivity index (χ4v) is 2.44. The number of amides is 1. The van der Waals surface area contributed by atoms with Gasteiger partial charge >= 0.3 is 0 Å². The molecule has 0 spiro atoms. The van der Waals surface area contributed by atoms with E-state index < -0.39 is 0 Å². The average molecular weight is 334 g/mol. The summed E-state index contributed by atoms with van der Waals surface area (Å²) in [4.78, 5) is 14.2. The molecule has 0 saturated carbocycles. The van der Waals surface area contributed by atoms with Crippen LogP contribution in [0, 0.1) is 0 Å². The second-order valence-electron chi connectivity index (χ2n) is 4.42.